The zero-order valence-electron chi connectivity index (χ0n) is 20.3. The molecular formula is C29H29FIrNO2-. The number of nitrogens with zero attached hydrogens (tertiary/aromatic N) is 1. The summed E-state index contributed by atoms with van der Waals surface area (Å²) in [7, 11) is 0. The Morgan fingerprint density at radius 3 is 2.32 bits per heavy atom. The van der Waals surface area contributed by atoms with Crippen LogP contribution in [0.2, 0.25) is 0 Å². The van der Waals surface area contributed by atoms with Crippen LogP contribution < -0.4 is 0 Å². The monoisotopic (exact) mass is 635 g/mol. The average molecular weight is 635 g/mol. The summed E-state index contributed by atoms with van der Waals surface area (Å²) in [6, 6.07) is 16.9. The van der Waals surface area contributed by atoms with Crippen LogP contribution in [0.25, 0.3) is 32.8 Å². The van der Waals surface area contributed by atoms with Gasteiger partial charge in [-0.1, -0.05) is 39.8 Å². The molecule has 0 unspecified atom stereocenters. The molecule has 179 valence electrons. The summed E-state index contributed by atoms with van der Waals surface area (Å²) in [5.74, 6) is 0.0442. The molecule has 0 bridgehead atoms. The maximum Gasteiger partial charge on any atom is 0.155 e. The molecule has 1 N–H and O–H groups in total. The molecule has 0 amide bonds. The molecule has 1 heterocycles. The van der Waals surface area contributed by atoms with Crippen LogP contribution in [0.1, 0.15) is 50.3 Å². The third kappa shape index (κ3) is 6.37. The van der Waals surface area contributed by atoms with E-state index in [1.807, 2.05) is 25.3 Å². The summed E-state index contributed by atoms with van der Waals surface area (Å²) in [5.41, 5.74) is 5.32. The number of rotatable bonds is 3. The summed E-state index contributed by atoms with van der Waals surface area (Å²) in [5, 5.41) is 12.6. The van der Waals surface area contributed by atoms with Crippen molar-refractivity contribution in [3.8, 4) is 11.3 Å². The number of benzene rings is 3. The van der Waals surface area contributed by atoms with Gasteiger partial charge >= 0.3 is 0 Å². The first kappa shape index (κ1) is 27.4. The number of carbonyl (C=O) groups excluding carboxylic acids is 1. The quantitative estimate of drug-likeness (QED) is 0.108. The SMILES string of the molecule is CC(=O)/C=C(/C)O.Cc1[c-]c(-c2nccc3cc(C(C)C)c4cc(F)ccc4c23)cc(C)c1.[Ir]. The summed E-state index contributed by atoms with van der Waals surface area (Å²) >= 11 is 0. The van der Waals surface area contributed by atoms with E-state index in [-0.39, 0.29) is 37.5 Å². The Morgan fingerprint density at radius 1 is 1.06 bits per heavy atom. The van der Waals surface area contributed by atoms with Gasteiger partial charge in [-0.05, 0) is 70.8 Å². The molecule has 0 aliphatic heterocycles. The van der Waals surface area contributed by atoms with Crippen LogP contribution in [0.3, 0.4) is 0 Å². The molecule has 3 aromatic carbocycles. The zero-order valence-corrected chi connectivity index (χ0v) is 22.7. The summed E-state index contributed by atoms with van der Waals surface area (Å²) < 4.78 is 14.0. The van der Waals surface area contributed by atoms with Crippen molar-refractivity contribution in [3.63, 3.8) is 0 Å². The van der Waals surface area contributed by atoms with E-state index in [2.05, 4.69) is 50.0 Å². The molecule has 4 aromatic rings. The van der Waals surface area contributed by atoms with Crippen molar-refractivity contribution in [2.75, 3.05) is 0 Å². The van der Waals surface area contributed by atoms with Gasteiger partial charge < -0.3 is 10.1 Å². The molecule has 0 aliphatic carbocycles. The van der Waals surface area contributed by atoms with Gasteiger partial charge in [0.15, 0.2) is 5.78 Å². The molecule has 0 atom stereocenters. The molecule has 0 aliphatic rings. The third-order valence-corrected chi connectivity index (χ3v) is 5.29. The molecule has 4 rings (SSSR count). The van der Waals surface area contributed by atoms with Gasteiger partial charge in [0, 0.05) is 32.4 Å². The fraction of sp³-hybridized carbons (Fsp3) is 0.241. The topological polar surface area (TPSA) is 50.2 Å². The fourth-order valence-corrected chi connectivity index (χ4v) is 4.10. The summed E-state index contributed by atoms with van der Waals surface area (Å²) in [6.07, 6.45) is 3.02. The van der Waals surface area contributed by atoms with Gasteiger partial charge in [-0.25, -0.2) is 4.39 Å². The molecule has 0 fully saturated rings. The predicted molar refractivity (Wildman–Crippen MR) is 134 cm³/mol. The van der Waals surface area contributed by atoms with Crippen molar-refractivity contribution < 1.29 is 34.4 Å². The van der Waals surface area contributed by atoms with Crippen molar-refractivity contribution in [1.82, 2.24) is 4.98 Å². The normalized spacial score (nSPS) is 11.2. The first-order chi connectivity index (χ1) is 15.6. The standard InChI is InChI=1S/C24H21FN.C5H8O2.Ir/c1-14(2)21-12-17-7-8-26-24(18-10-15(3)9-16(4)11-18)23(17)20-6-5-19(25)13-22(20)21;1-4(6)3-5(2)7;/h5-10,12-14H,1-4H3;3,6H,1-2H3;/q-1;;/b;4-3-;. The van der Waals surface area contributed by atoms with Gasteiger partial charge in [0.1, 0.15) is 5.82 Å². The van der Waals surface area contributed by atoms with E-state index in [1.54, 1.807) is 6.07 Å². The van der Waals surface area contributed by atoms with Gasteiger partial charge in [0.25, 0.3) is 0 Å². The number of hydrogen-bond donors (Lipinski definition) is 1. The number of hydrogen-bond acceptors (Lipinski definition) is 3. The number of aromatic nitrogens is 1. The number of fused-ring (bicyclic) bond motifs is 3. The number of ketones is 1. The molecule has 0 spiro atoms. The fourth-order valence-electron chi connectivity index (χ4n) is 4.10. The van der Waals surface area contributed by atoms with E-state index in [1.165, 1.54) is 31.6 Å². The Hall–Kier alpha value is -2.88. The Morgan fingerprint density at radius 2 is 1.76 bits per heavy atom. The van der Waals surface area contributed by atoms with Crippen LogP contribution in [0, 0.1) is 25.7 Å². The van der Waals surface area contributed by atoms with Crippen molar-refractivity contribution in [3.05, 3.63) is 89.1 Å². The second-order valence-electron chi connectivity index (χ2n) is 8.72. The number of aliphatic hydroxyl groups excluding tert-OH is 1. The number of halogens is 1. The molecule has 1 aromatic heterocycles. The van der Waals surface area contributed by atoms with Crippen LogP contribution in [0.5, 0.6) is 0 Å². The number of allylic oxidation sites excluding steroid dienone is 2. The molecule has 1 radical (unpaired) electrons. The van der Waals surface area contributed by atoms with Crippen LogP contribution in [0.15, 0.2) is 60.5 Å². The average Bonchev–Trinajstić information content (AvgIpc) is 2.71. The van der Waals surface area contributed by atoms with Gasteiger partial charge in [0.05, 0.1) is 5.76 Å². The number of aliphatic hydroxyl groups is 1. The maximum atomic E-state index is 14.0. The largest absolute Gasteiger partial charge is 0.512 e. The van der Waals surface area contributed by atoms with Gasteiger partial charge in [-0.15, -0.1) is 34.9 Å². The molecule has 5 heteroatoms. The Bertz CT molecular complexity index is 1350. The minimum atomic E-state index is -0.206. The molecular weight excluding hydrogens is 606 g/mol. The van der Waals surface area contributed by atoms with Crippen LogP contribution >= 0.6 is 0 Å². The number of pyridine rings is 1. The Kier molecular flexibility index (Phi) is 9.26. The first-order valence-electron chi connectivity index (χ1n) is 11.0. The van der Waals surface area contributed by atoms with E-state index in [9.17, 15) is 9.18 Å². The van der Waals surface area contributed by atoms with Crippen molar-refractivity contribution >= 4 is 27.3 Å². The smallest absolute Gasteiger partial charge is 0.155 e. The first-order valence-corrected chi connectivity index (χ1v) is 11.0. The minimum absolute atomic E-state index is 0. The number of carbonyl (C=O) groups is 1. The second-order valence-corrected chi connectivity index (χ2v) is 8.72. The summed E-state index contributed by atoms with van der Waals surface area (Å²) in [4.78, 5) is 14.7. The molecule has 0 saturated heterocycles. The van der Waals surface area contributed by atoms with Crippen molar-refractivity contribution in [1.29, 1.82) is 0 Å². The van der Waals surface area contributed by atoms with Gasteiger partial charge in [0.2, 0.25) is 0 Å². The minimum Gasteiger partial charge on any atom is -0.512 e. The van der Waals surface area contributed by atoms with Crippen LogP contribution in [0.4, 0.5) is 4.39 Å². The van der Waals surface area contributed by atoms with Gasteiger partial charge in [-0.2, -0.15) is 0 Å². The van der Waals surface area contributed by atoms with Crippen molar-refractivity contribution in [2.45, 2.75) is 47.5 Å². The molecule has 34 heavy (non-hydrogen) atoms. The van der Waals surface area contributed by atoms with Crippen LogP contribution in [-0.4, -0.2) is 15.9 Å². The zero-order chi connectivity index (χ0) is 24.3. The van der Waals surface area contributed by atoms with E-state index < -0.39 is 0 Å². The predicted octanol–water partition coefficient (Wildman–Crippen LogP) is 7.77. The Labute approximate surface area is 214 Å². The molecule has 0 saturated carbocycles. The molecule has 3 nitrogen and oxygen atoms in total. The Balaban J connectivity index is 0.000000449. The summed E-state index contributed by atoms with van der Waals surface area (Å²) in [6.45, 7) is 11.3. The van der Waals surface area contributed by atoms with Gasteiger partial charge in [-0.3, -0.25) is 4.79 Å². The van der Waals surface area contributed by atoms with E-state index in [0.717, 1.165) is 43.9 Å². The van der Waals surface area contributed by atoms with E-state index in [0.29, 0.717) is 5.92 Å². The number of aryl methyl sites for hydroxylation is 2. The van der Waals surface area contributed by atoms with Crippen LogP contribution in [-0.2, 0) is 24.9 Å². The van der Waals surface area contributed by atoms with E-state index >= 15 is 0 Å². The second kappa shape index (κ2) is 11.5. The maximum absolute atomic E-state index is 14.0. The van der Waals surface area contributed by atoms with Crippen molar-refractivity contribution in [2.24, 2.45) is 0 Å². The third-order valence-electron chi connectivity index (χ3n) is 5.29. The van der Waals surface area contributed by atoms with E-state index in [4.69, 9.17) is 5.11 Å².